The zero-order valence-corrected chi connectivity index (χ0v) is 9.54. The molecular formula is C13H15ClO. The largest absolute Gasteiger partial charge is 0.388 e. The van der Waals surface area contributed by atoms with Crippen molar-refractivity contribution in [2.75, 3.05) is 0 Å². The van der Waals surface area contributed by atoms with E-state index in [4.69, 9.17) is 11.6 Å². The van der Waals surface area contributed by atoms with Gasteiger partial charge < -0.3 is 5.11 Å². The second kappa shape index (κ2) is 5.74. The predicted molar refractivity (Wildman–Crippen MR) is 65.7 cm³/mol. The smallest absolute Gasteiger partial charge is 0.0799 e. The Morgan fingerprint density at radius 1 is 1.47 bits per heavy atom. The van der Waals surface area contributed by atoms with Gasteiger partial charge in [0.15, 0.2) is 0 Å². The van der Waals surface area contributed by atoms with Gasteiger partial charge in [0.25, 0.3) is 0 Å². The summed E-state index contributed by atoms with van der Waals surface area (Å²) >= 11 is 6.17. The second-order valence-electron chi connectivity index (χ2n) is 3.40. The Balaban J connectivity index is 2.94. The van der Waals surface area contributed by atoms with Crippen molar-refractivity contribution in [3.8, 4) is 0 Å². The molecule has 0 aliphatic heterocycles. The number of halogens is 1. The molecule has 15 heavy (non-hydrogen) atoms. The Morgan fingerprint density at radius 3 is 2.60 bits per heavy atom. The monoisotopic (exact) mass is 222 g/mol. The van der Waals surface area contributed by atoms with Gasteiger partial charge in [-0.3, -0.25) is 0 Å². The van der Waals surface area contributed by atoms with Gasteiger partial charge in [0, 0.05) is 5.03 Å². The molecule has 0 radical (unpaired) electrons. The van der Waals surface area contributed by atoms with Crippen molar-refractivity contribution in [2.45, 2.75) is 19.4 Å². The maximum atomic E-state index is 9.74. The SMILES string of the molecule is C=CCC(O)/C(C)=C(/Cl)c1ccccc1. The van der Waals surface area contributed by atoms with Crippen molar-refractivity contribution in [1.29, 1.82) is 0 Å². The Kier molecular flexibility index (Phi) is 4.60. The summed E-state index contributed by atoms with van der Waals surface area (Å²) < 4.78 is 0. The minimum Gasteiger partial charge on any atom is -0.388 e. The van der Waals surface area contributed by atoms with Crippen LogP contribution in [0.15, 0.2) is 48.6 Å². The average molecular weight is 223 g/mol. The first-order valence-corrected chi connectivity index (χ1v) is 5.25. The third kappa shape index (κ3) is 3.22. The summed E-state index contributed by atoms with van der Waals surface area (Å²) in [5, 5.41) is 10.4. The third-order valence-electron chi connectivity index (χ3n) is 2.26. The lowest BCUT2D eigenvalue weighted by atomic mass is 10.0. The molecule has 1 nitrogen and oxygen atoms in total. The van der Waals surface area contributed by atoms with Crippen LogP contribution in [0.4, 0.5) is 0 Å². The van der Waals surface area contributed by atoms with E-state index >= 15 is 0 Å². The number of hydrogen-bond donors (Lipinski definition) is 1. The molecule has 1 aromatic carbocycles. The molecule has 0 spiro atoms. The average Bonchev–Trinajstić information content (AvgIpc) is 2.28. The standard InChI is InChI=1S/C13H15ClO/c1-3-7-12(15)10(2)13(14)11-8-5-4-6-9-11/h3-6,8-9,12,15H,1,7H2,2H3/b13-10+. The number of benzene rings is 1. The van der Waals surface area contributed by atoms with E-state index in [1.165, 1.54) is 0 Å². The molecule has 1 rings (SSSR count). The van der Waals surface area contributed by atoms with Crippen molar-refractivity contribution in [1.82, 2.24) is 0 Å². The van der Waals surface area contributed by atoms with Crippen molar-refractivity contribution in [2.24, 2.45) is 0 Å². The number of rotatable bonds is 4. The fourth-order valence-corrected chi connectivity index (χ4v) is 1.55. The maximum absolute atomic E-state index is 9.74. The van der Waals surface area contributed by atoms with Crippen LogP contribution < -0.4 is 0 Å². The van der Waals surface area contributed by atoms with E-state index in [1.807, 2.05) is 37.3 Å². The summed E-state index contributed by atoms with van der Waals surface area (Å²) in [7, 11) is 0. The highest BCUT2D eigenvalue weighted by Gasteiger charge is 2.10. The van der Waals surface area contributed by atoms with Crippen LogP contribution in [-0.4, -0.2) is 11.2 Å². The van der Waals surface area contributed by atoms with E-state index in [0.29, 0.717) is 11.5 Å². The van der Waals surface area contributed by atoms with Crippen LogP contribution in [0.1, 0.15) is 18.9 Å². The summed E-state index contributed by atoms with van der Waals surface area (Å²) in [6.45, 7) is 5.43. The quantitative estimate of drug-likeness (QED) is 0.772. The molecule has 0 saturated carbocycles. The van der Waals surface area contributed by atoms with Gasteiger partial charge in [-0.15, -0.1) is 6.58 Å². The lowest BCUT2D eigenvalue weighted by molar-refractivity contribution is 0.215. The van der Waals surface area contributed by atoms with Crippen LogP contribution in [0.25, 0.3) is 5.03 Å². The minimum atomic E-state index is -0.546. The van der Waals surface area contributed by atoms with Crippen molar-refractivity contribution < 1.29 is 5.11 Å². The Morgan fingerprint density at radius 2 is 2.07 bits per heavy atom. The fourth-order valence-electron chi connectivity index (χ4n) is 1.29. The van der Waals surface area contributed by atoms with E-state index in [2.05, 4.69) is 6.58 Å². The topological polar surface area (TPSA) is 20.2 Å². The summed E-state index contributed by atoms with van der Waals surface area (Å²) in [5.41, 5.74) is 1.71. The van der Waals surface area contributed by atoms with Crippen LogP contribution in [0.3, 0.4) is 0 Å². The molecule has 0 saturated heterocycles. The van der Waals surface area contributed by atoms with Crippen LogP contribution in [0, 0.1) is 0 Å². The van der Waals surface area contributed by atoms with Crippen LogP contribution in [-0.2, 0) is 0 Å². The van der Waals surface area contributed by atoms with Crippen LogP contribution in [0.5, 0.6) is 0 Å². The van der Waals surface area contributed by atoms with E-state index in [-0.39, 0.29) is 0 Å². The van der Waals surface area contributed by atoms with Gasteiger partial charge in [-0.25, -0.2) is 0 Å². The summed E-state index contributed by atoms with van der Waals surface area (Å²) in [6, 6.07) is 9.62. The van der Waals surface area contributed by atoms with Gasteiger partial charge in [0.05, 0.1) is 6.10 Å². The van der Waals surface area contributed by atoms with E-state index in [0.717, 1.165) is 11.1 Å². The molecule has 80 valence electrons. The summed E-state index contributed by atoms with van der Waals surface area (Å²) in [4.78, 5) is 0. The van der Waals surface area contributed by atoms with Gasteiger partial charge in [-0.05, 0) is 24.5 Å². The summed E-state index contributed by atoms with van der Waals surface area (Å²) in [5.74, 6) is 0. The second-order valence-corrected chi connectivity index (χ2v) is 3.78. The maximum Gasteiger partial charge on any atom is 0.0799 e. The normalized spacial score (nSPS) is 14.3. The predicted octanol–water partition coefficient (Wildman–Crippen LogP) is 3.59. The van der Waals surface area contributed by atoms with Crippen LogP contribution in [0.2, 0.25) is 0 Å². The van der Waals surface area contributed by atoms with Gasteiger partial charge in [0.1, 0.15) is 0 Å². The lowest BCUT2D eigenvalue weighted by Gasteiger charge is -2.11. The lowest BCUT2D eigenvalue weighted by Crippen LogP contribution is -2.07. The van der Waals surface area contributed by atoms with Gasteiger partial charge in [-0.2, -0.15) is 0 Å². The molecule has 0 aromatic heterocycles. The molecule has 2 heteroatoms. The molecule has 0 heterocycles. The molecular weight excluding hydrogens is 208 g/mol. The van der Waals surface area contributed by atoms with Crippen molar-refractivity contribution >= 4 is 16.6 Å². The third-order valence-corrected chi connectivity index (χ3v) is 2.78. The number of aliphatic hydroxyl groups is 1. The Bertz CT molecular complexity index is 354. The highest BCUT2D eigenvalue weighted by Crippen LogP contribution is 2.25. The molecule has 1 N–H and O–H groups in total. The first-order valence-electron chi connectivity index (χ1n) is 4.87. The summed E-state index contributed by atoms with van der Waals surface area (Å²) in [6.07, 6.45) is 1.66. The molecule has 0 aliphatic rings. The fraction of sp³-hybridized carbons (Fsp3) is 0.231. The number of aliphatic hydroxyl groups excluding tert-OH is 1. The molecule has 1 unspecified atom stereocenters. The van der Waals surface area contributed by atoms with E-state index < -0.39 is 6.10 Å². The molecule has 1 aromatic rings. The highest BCUT2D eigenvalue weighted by atomic mass is 35.5. The molecule has 0 aliphatic carbocycles. The van der Waals surface area contributed by atoms with Crippen LogP contribution >= 0.6 is 11.6 Å². The highest BCUT2D eigenvalue weighted by molar-refractivity contribution is 6.49. The number of hydrogen-bond acceptors (Lipinski definition) is 1. The van der Waals surface area contributed by atoms with Gasteiger partial charge in [-0.1, -0.05) is 48.0 Å². The van der Waals surface area contributed by atoms with Crippen molar-refractivity contribution in [3.63, 3.8) is 0 Å². The Hall–Kier alpha value is -1.05. The van der Waals surface area contributed by atoms with Crippen molar-refractivity contribution in [3.05, 3.63) is 54.1 Å². The van der Waals surface area contributed by atoms with E-state index in [9.17, 15) is 5.11 Å². The van der Waals surface area contributed by atoms with Gasteiger partial charge >= 0.3 is 0 Å². The zero-order valence-electron chi connectivity index (χ0n) is 8.78. The molecule has 0 amide bonds. The molecule has 0 fully saturated rings. The first kappa shape index (κ1) is 12.0. The van der Waals surface area contributed by atoms with Gasteiger partial charge in [0.2, 0.25) is 0 Å². The first-order chi connectivity index (χ1) is 7.16. The van der Waals surface area contributed by atoms with E-state index in [1.54, 1.807) is 6.08 Å². The Labute approximate surface area is 95.7 Å². The zero-order chi connectivity index (χ0) is 11.3. The molecule has 1 atom stereocenters. The molecule has 0 bridgehead atoms. The minimum absolute atomic E-state index is 0.523.